The number of amides is 1. The second kappa shape index (κ2) is 6.00. The molecule has 0 radical (unpaired) electrons. The summed E-state index contributed by atoms with van der Waals surface area (Å²) >= 11 is 0. The zero-order valence-electron chi connectivity index (χ0n) is 10.8. The number of carbonyl (C=O) groups is 2. The average molecular weight is 242 g/mol. The van der Waals surface area contributed by atoms with Crippen molar-refractivity contribution in [2.75, 3.05) is 19.6 Å². The van der Waals surface area contributed by atoms with Gasteiger partial charge in [0.05, 0.1) is 6.54 Å². The van der Waals surface area contributed by atoms with Gasteiger partial charge in [0.25, 0.3) is 0 Å². The van der Waals surface area contributed by atoms with Crippen molar-refractivity contribution in [3.05, 3.63) is 0 Å². The Hall–Kier alpha value is -1.10. The highest BCUT2D eigenvalue weighted by atomic mass is 16.4. The molecule has 1 heterocycles. The van der Waals surface area contributed by atoms with Gasteiger partial charge in [0, 0.05) is 25.6 Å². The summed E-state index contributed by atoms with van der Waals surface area (Å²) in [5, 5.41) is 8.79. The quantitative estimate of drug-likeness (QED) is 0.792. The van der Waals surface area contributed by atoms with E-state index in [1.165, 1.54) is 0 Å². The first-order valence-corrected chi connectivity index (χ1v) is 6.15. The summed E-state index contributed by atoms with van der Waals surface area (Å²) in [5.74, 6) is -0.730. The Morgan fingerprint density at radius 2 is 2.12 bits per heavy atom. The first-order chi connectivity index (χ1) is 7.91. The zero-order chi connectivity index (χ0) is 13.0. The SMILES string of the molecule is CC(=O)N(C(C)C)C1CCCN(CC(=O)O)C1. The van der Waals surface area contributed by atoms with Crippen molar-refractivity contribution >= 4 is 11.9 Å². The molecule has 1 aliphatic heterocycles. The van der Waals surface area contributed by atoms with E-state index in [1.807, 2.05) is 23.6 Å². The number of rotatable bonds is 4. The number of likely N-dealkylation sites (tertiary alicyclic amines) is 1. The minimum absolute atomic E-state index is 0.0698. The van der Waals surface area contributed by atoms with E-state index in [0.29, 0.717) is 6.54 Å². The molecule has 0 aromatic heterocycles. The third-order valence-corrected chi connectivity index (χ3v) is 3.15. The van der Waals surface area contributed by atoms with Crippen molar-refractivity contribution in [1.29, 1.82) is 0 Å². The van der Waals surface area contributed by atoms with E-state index in [0.717, 1.165) is 19.4 Å². The van der Waals surface area contributed by atoms with Gasteiger partial charge in [-0.25, -0.2) is 0 Å². The van der Waals surface area contributed by atoms with Crippen LogP contribution in [0.3, 0.4) is 0 Å². The summed E-state index contributed by atoms with van der Waals surface area (Å²) < 4.78 is 0. The van der Waals surface area contributed by atoms with Gasteiger partial charge in [-0.2, -0.15) is 0 Å². The molecule has 0 bridgehead atoms. The van der Waals surface area contributed by atoms with Crippen molar-refractivity contribution in [1.82, 2.24) is 9.80 Å². The third-order valence-electron chi connectivity index (χ3n) is 3.15. The number of hydrogen-bond donors (Lipinski definition) is 1. The molecule has 1 rings (SSSR count). The van der Waals surface area contributed by atoms with Gasteiger partial charge >= 0.3 is 5.97 Å². The molecule has 5 heteroatoms. The number of piperidine rings is 1. The molecule has 0 aliphatic carbocycles. The van der Waals surface area contributed by atoms with Gasteiger partial charge in [-0.3, -0.25) is 14.5 Å². The maximum absolute atomic E-state index is 11.6. The van der Waals surface area contributed by atoms with E-state index in [-0.39, 0.29) is 24.5 Å². The Morgan fingerprint density at radius 1 is 1.47 bits per heavy atom. The van der Waals surface area contributed by atoms with Crippen molar-refractivity contribution < 1.29 is 14.7 Å². The van der Waals surface area contributed by atoms with Crippen LogP contribution in [0.2, 0.25) is 0 Å². The Morgan fingerprint density at radius 3 is 2.59 bits per heavy atom. The largest absolute Gasteiger partial charge is 0.480 e. The molecular weight excluding hydrogens is 220 g/mol. The van der Waals surface area contributed by atoms with Crippen LogP contribution in [0.1, 0.15) is 33.6 Å². The summed E-state index contributed by atoms with van der Waals surface area (Å²) in [6, 6.07) is 0.322. The topological polar surface area (TPSA) is 60.9 Å². The molecule has 98 valence electrons. The maximum Gasteiger partial charge on any atom is 0.317 e. The van der Waals surface area contributed by atoms with Gasteiger partial charge in [-0.15, -0.1) is 0 Å². The molecule has 1 unspecified atom stereocenters. The van der Waals surface area contributed by atoms with E-state index in [1.54, 1.807) is 6.92 Å². The number of carbonyl (C=O) groups excluding carboxylic acids is 1. The number of aliphatic carboxylic acids is 1. The van der Waals surface area contributed by atoms with Crippen LogP contribution in [0, 0.1) is 0 Å². The fraction of sp³-hybridized carbons (Fsp3) is 0.833. The molecule has 1 amide bonds. The summed E-state index contributed by atoms with van der Waals surface area (Å²) in [4.78, 5) is 26.1. The molecule has 0 aromatic rings. The summed E-state index contributed by atoms with van der Waals surface area (Å²) in [6.45, 7) is 7.13. The molecule has 1 fully saturated rings. The van der Waals surface area contributed by atoms with Crippen LogP contribution in [-0.2, 0) is 9.59 Å². The number of nitrogens with zero attached hydrogens (tertiary/aromatic N) is 2. The summed E-state index contributed by atoms with van der Waals surface area (Å²) in [7, 11) is 0. The van der Waals surface area contributed by atoms with Gasteiger partial charge in [0.15, 0.2) is 0 Å². The minimum atomic E-state index is -0.801. The average Bonchev–Trinajstić information content (AvgIpc) is 2.15. The first kappa shape index (κ1) is 14.0. The number of hydrogen-bond acceptors (Lipinski definition) is 3. The fourth-order valence-corrected chi connectivity index (χ4v) is 2.64. The molecule has 0 spiro atoms. The van der Waals surface area contributed by atoms with Crippen LogP contribution >= 0.6 is 0 Å². The monoisotopic (exact) mass is 242 g/mol. The molecule has 0 aromatic carbocycles. The Labute approximate surface area is 102 Å². The number of carboxylic acid groups (broad SMARTS) is 1. The van der Waals surface area contributed by atoms with E-state index in [4.69, 9.17) is 5.11 Å². The standard InChI is InChI=1S/C12H22N2O3/c1-9(2)14(10(3)15)11-5-4-6-13(7-11)8-12(16)17/h9,11H,4-8H2,1-3H3,(H,16,17). The van der Waals surface area contributed by atoms with Gasteiger partial charge in [0.2, 0.25) is 5.91 Å². The fourth-order valence-electron chi connectivity index (χ4n) is 2.64. The lowest BCUT2D eigenvalue weighted by Crippen LogP contribution is -2.52. The highest BCUT2D eigenvalue weighted by Crippen LogP contribution is 2.18. The van der Waals surface area contributed by atoms with Crippen LogP contribution in [0.15, 0.2) is 0 Å². The Kier molecular flexibility index (Phi) is 4.93. The smallest absolute Gasteiger partial charge is 0.317 e. The van der Waals surface area contributed by atoms with E-state index in [9.17, 15) is 9.59 Å². The minimum Gasteiger partial charge on any atom is -0.480 e. The van der Waals surface area contributed by atoms with E-state index >= 15 is 0 Å². The highest BCUT2D eigenvalue weighted by Gasteiger charge is 2.29. The molecule has 5 nitrogen and oxygen atoms in total. The van der Waals surface area contributed by atoms with Crippen LogP contribution in [0.5, 0.6) is 0 Å². The van der Waals surface area contributed by atoms with Gasteiger partial charge in [-0.1, -0.05) is 0 Å². The Balaban J connectivity index is 2.63. The molecule has 1 saturated heterocycles. The predicted molar refractivity (Wildman–Crippen MR) is 64.8 cm³/mol. The van der Waals surface area contributed by atoms with Gasteiger partial charge in [-0.05, 0) is 33.2 Å². The van der Waals surface area contributed by atoms with Crippen LogP contribution in [0.4, 0.5) is 0 Å². The van der Waals surface area contributed by atoms with Crippen molar-refractivity contribution in [2.45, 2.75) is 45.7 Å². The second-order valence-electron chi connectivity index (χ2n) is 4.94. The summed E-state index contributed by atoms with van der Waals surface area (Å²) in [5.41, 5.74) is 0. The van der Waals surface area contributed by atoms with Crippen LogP contribution < -0.4 is 0 Å². The van der Waals surface area contributed by atoms with Gasteiger partial charge in [0.1, 0.15) is 0 Å². The normalized spacial score (nSPS) is 21.5. The highest BCUT2D eigenvalue weighted by molar-refractivity contribution is 5.74. The van der Waals surface area contributed by atoms with E-state index < -0.39 is 5.97 Å². The molecule has 0 saturated carbocycles. The molecule has 1 N–H and O–H groups in total. The predicted octanol–water partition coefficient (Wildman–Crippen LogP) is 0.792. The lowest BCUT2D eigenvalue weighted by molar-refractivity contribution is -0.139. The summed E-state index contributed by atoms with van der Waals surface area (Å²) in [6.07, 6.45) is 1.92. The second-order valence-corrected chi connectivity index (χ2v) is 4.94. The molecular formula is C12H22N2O3. The van der Waals surface area contributed by atoms with Crippen molar-refractivity contribution in [3.63, 3.8) is 0 Å². The van der Waals surface area contributed by atoms with Crippen molar-refractivity contribution in [2.24, 2.45) is 0 Å². The van der Waals surface area contributed by atoms with E-state index in [2.05, 4.69) is 0 Å². The lowest BCUT2D eigenvalue weighted by atomic mass is 10.0. The van der Waals surface area contributed by atoms with Crippen LogP contribution in [-0.4, -0.2) is 58.5 Å². The van der Waals surface area contributed by atoms with Crippen molar-refractivity contribution in [3.8, 4) is 0 Å². The first-order valence-electron chi connectivity index (χ1n) is 6.15. The molecule has 1 atom stereocenters. The molecule has 1 aliphatic rings. The van der Waals surface area contributed by atoms with Crippen LogP contribution in [0.25, 0.3) is 0 Å². The lowest BCUT2D eigenvalue weighted by Gasteiger charge is -2.40. The Bertz CT molecular complexity index is 291. The third kappa shape index (κ3) is 4.00. The molecule has 17 heavy (non-hydrogen) atoms. The zero-order valence-corrected chi connectivity index (χ0v) is 10.8. The van der Waals surface area contributed by atoms with Gasteiger partial charge < -0.3 is 10.0 Å². The maximum atomic E-state index is 11.6. The number of carboxylic acids is 1.